The van der Waals surface area contributed by atoms with Crippen molar-refractivity contribution in [3.63, 3.8) is 0 Å². The Balaban J connectivity index is 2.22. The number of aryl methyl sites for hydroxylation is 1. The maximum Gasteiger partial charge on any atom is 0.146 e. The van der Waals surface area contributed by atoms with Crippen LogP contribution in [0.25, 0.3) is 0 Å². The molecule has 0 aliphatic carbocycles. The van der Waals surface area contributed by atoms with Gasteiger partial charge in [0.25, 0.3) is 0 Å². The quantitative estimate of drug-likeness (QED) is 0.823. The van der Waals surface area contributed by atoms with E-state index in [-0.39, 0.29) is 0 Å². The maximum absolute atomic E-state index is 9.05. The first-order chi connectivity index (χ1) is 8.70. The largest absolute Gasteiger partial charge is 0.353 e. The number of nitrogens with zero attached hydrogens (tertiary/aromatic N) is 4. The first-order valence-electron chi connectivity index (χ1n) is 5.69. The number of pyridine rings is 2. The summed E-state index contributed by atoms with van der Waals surface area (Å²) >= 11 is 0. The topological polar surface area (TPSA) is 52.8 Å². The second-order valence-corrected chi connectivity index (χ2v) is 4.11. The molecule has 4 heteroatoms. The van der Waals surface area contributed by atoms with Crippen molar-refractivity contribution in [3.8, 4) is 6.07 Å². The van der Waals surface area contributed by atoms with E-state index < -0.39 is 0 Å². The molecule has 2 aromatic heterocycles. The van der Waals surface area contributed by atoms with Crippen LogP contribution >= 0.6 is 0 Å². The van der Waals surface area contributed by atoms with Crippen LogP contribution in [0, 0.1) is 18.3 Å². The van der Waals surface area contributed by atoms with E-state index in [1.165, 1.54) is 0 Å². The normalized spacial score (nSPS) is 9.83. The van der Waals surface area contributed by atoms with Crippen molar-refractivity contribution in [3.05, 3.63) is 53.5 Å². The summed E-state index contributed by atoms with van der Waals surface area (Å²) in [5, 5.41) is 9.05. The molecule has 0 saturated heterocycles. The molecule has 0 saturated carbocycles. The van der Waals surface area contributed by atoms with Gasteiger partial charge >= 0.3 is 0 Å². The zero-order chi connectivity index (χ0) is 13.0. The van der Waals surface area contributed by atoms with Gasteiger partial charge in [-0.3, -0.25) is 4.98 Å². The molecular formula is C14H14N4. The van der Waals surface area contributed by atoms with Crippen LogP contribution in [0.2, 0.25) is 0 Å². The van der Waals surface area contributed by atoms with E-state index in [9.17, 15) is 0 Å². The SMILES string of the molecule is Cc1cccc(CN(C)c2ncccc2C#N)n1. The number of hydrogen-bond acceptors (Lipinski definition) is 4. The molecule has 0 radical (unpaired) electrons. The molecule has 0 N–H and O–H groups in total. The third-order valence-corrected chi connectivity index (χ3v) is 2.61. The van der Waals surface area contributed by atoms with Gasteiger partial charge in [-0.15, -0.1) is 0 Å². The van der Waals surface area contributed by atoms with Gasteiger partial charge in [0, 0.05) is 18.9 Å². The molecule has 90 valence electrons. The van der Waals surface area contributed by atoms with Gasteiger partial charge in [-0.25, -0.2) is 4.98 Å². The Bertz CT molecular complexity index is 586. The predicted octanol–water partition coefficient (Wildman–Crippen LogP) is 2.29. The molecule has 2 heterocycles. The lowest BCUT2D eigenvalue weighted by Crippen LogP contribution is -2.19. The van der Waals surface area contributed by atoms with Crippen molar-refractivity contribution in [1.29, 1.82) is 5.26 Å². The maximum atomic E-state index is 9.05. The second-order valence-electron chi connectivity index (χ2n) is 4.11. The van der Waals surface area contributed by atoms with Crippen molar-refractivity contribution >= 4 is 5.82 Å². The third-order valence-electron chi connectivity index (χ3n) is 2.61. The fraction of sp³-hybridized carbons (Fsp3) is 0.214. The predicted molar refractivity (Wildman–Crippen MR) is 70.0 cm³/mol. The molecule has 2 aromatic rings. The number of rotatable bonds is 3. The van der Waals surface area contributed by atoms with Crippen molar-refractivity contribution in [1.82, 2.24) is 9.97 Å². The average Bonchev–Trinajstić information content (AvgIpc) is 2.38. The third kappa shape index (κ3) is 2.64. The van der Waals surface area contributed by atoms with Gasteiger partial charge in [0.2, 0.25) is 0 Å². The molecule has 0 spiro atoms. The van der Waals surface area contributed by atoms with Crippen molar-refractivity contribution < 1.29 is 0 Å². The Morgan fingerprint density at radius 2 is 2.11 bits per heavy atom. The smallest absolute Gasteiger partial charge is 0.146 e. The summed E-state index contributed by atoms with van der Waals surface area (Å²) in [4.78, 5) is 10.6. The monoisotopic (exact) mass is 238 g/mol. The molecule has 0 atom stereocenters. The van der Waals surface area contributed by atoms with E-state index in [4.69, 9.17) is 5.26 Å². The summed E-state index contributed by atoms with van der Waals surface area (Å²) in [5.41, 5.74) is 2.53. The number of anilines is 1. The Morgan fingerprint density at radius 1 is 1.28 bits per heavy atom. The first kappa shape index (κ1) is 12.1. The van der Waals surface area contributed by atoms with E-state index in [0.29, 0.717) is 17.9 Å². The second kappa shape index (κ2) is 5.28. The summed E-state index contributed by atoms with van der Waals surface area (Å²) in [7, 11) is 1.91. The Labute approximate surface area is 107 Å². The molecule has 0 aromatic carbocycles. The highest BCUT2D eigenvalue weighted by Crippen LogP contribution is 2.16. The standard InChI is InChI=1S/C14H14N4/c1-11-5-3-7-13(17-11)10-18(2)14-12(9-15)6-4-8-16-14/h3-8H,10H2,1-2H3. The van der Waals surface area contributed by atoms with Crippen LogP contribution < -0.4 is 4.90 Å². The lowest BCUT2D eigenvalue weighted by atomic mass is 10.2. The van der Waals surface area contributed by atoms with E-state index in [1.807, 2.05) is 37.1 Å². The van der Waals surface area contributed by atoms with Gasteiger partial charge in [0.05, 0.1) is 17.8 Å². The number of nitriles is 1. The summed E-state index contributed by atoms with van der Waals surface area (Å²) in [6.45, 7) is 2.60. The zero-order valence-corrected chi connectivity index (χ0v) is 10.5. The van der Waals surface area contributed by atoms with Crippen LogP contribution in [0.4, 0.5) is 5.82 Å². The van der Waals surface area contributed by atoms with Crippen molar-refractivity contribution in [2.45, 2.75) is 13.5 Å². The molecule has 2 rings (SSSR count). The highest BCUT2D eigenvalue weighted by atomic mass is 15.2. The summed E-state index contributed by atoms with van der Waals surface area (Å²) in [6, 6.07) is 11.6. The molecule has 0 aliphatic rings. The summed E-state index contributed by atoms with van der Waals surface area (Å²) in [6.07, 6.45) is 1.69. The highest BCUT2D eigenvalue weighted by Gasteiger charge is 2.09. The van der Waals surface area contributed by atoms with Crippen LogP contribution in [0.5, 0.6) is 0 Å². The van der Waals surface area contributed by atoms with Gasteiger partial charge in [-0.1, -0.05) is 6.07 Å². The molecule has 4 nitrogen and oxygen atoms in total. The molecule has 0 fully saturated rings. The molecule has 0 unspecified atom stereocenters. The molecule has 0 aliphatic heterocycles. The fourth-order valence-corrected chi connectivity index (χ4v) is 1.79. The summed E-state index contributed by atoms with van der Waals surface area (Å²) in [5.74, 6) is 0.684. The van der Waals surface area contributed by atoms with Gasteiger partial charge in [0.15, 0.2) is 0 Å². The molecule has 18 heavy (non-hydrogen) atoms. The van der Waals surface area contributed by atoms with Gasteiger partial charge in [0.1, 0.15) is 11.9 Å². The minimum absolute atomic E-state index is 0.577. The van der Waals surface area contributed by atoms with E-state index in [1.54, 1.807) is 18.3 Å². The Hall–Kier alpha value is -2.41. The van der Waals surface area contributed by atoms with E-state index in [2.05, 4.69) is 16.0 Å². The lowest BCUT2D eigenvalue weighted by Gasteiger charge is -2.18. The van der Waals surface area contributed by atoms with E-state index >= 15 is 0 Å². The van der Waals surface area contributed by atoms with Gasteiger partial charge < -0.3 is 4.90 Å². The van der Waals surface area contributed by atoms with Crippen LogP contribution in [0.1, 0.15) is 17.0 Å². The van der Waals surface area contributed by atoms with Crippen molar-refractivity contribution in [2.75, 3.05) is 11.9 Å². The van der Waals surface area contributed by atoms with Crippen LogP contribution in [-0.4, -0.2) is 17.0 Å². The first-order valence-corrected chi connectivity index (χ1v) is 5.69. The van der Waals surface area contributed by atoms with Crippen LogP contribution in [0.15, 0.2) is 36.5 Å². The van der Waals surface area contributed by atoms with E-state index in [0.717, 1.165) is 11.4 Å². The van der Waals surface area contributed by atoms with Gasteiger partial charge in [-0.2, -0.15) is 5.26 Å². The zero-order valence-electron chi connectivity index (χ0n) is 10.5. The fourth-order valence-electron chi connectivity index (χ4n) is 1.79. The highest BCUT2D eigenvalue weighted by molar-refractivity contribution is 5.52. The van der Waals surface area contributed by atoms with Crippen LogP contribution in [0.3, 0.4) is 0 Å². The summed E-state index contributed by atoms with van der Waals surface area (Å²) < 4.78 is 0. The van der Waals surface area contributed by atoms with Crippen LogP contribution in [-0.2, 0) is 6.54 Å². The minimum atomic E-state index is 0.577. The number of hydrogen-bond donors (Lipinski definition) is 0. The molecule has 0 bridgehead atoms. The molecule has 0 amide bonds. The Kier molecular flexibility index (Phi) is 3.54. The lowest BCUT2D eigenvalue weighted by molar-refractivity contribution is 0.857. The minimum Gasteiger partial charge on any atom is -0.353 e. The van der Waals surface area contributed by atoms with Gasteiger partial charge in [-0.05, 0) is 31.2 Å². The molecular weight excluding hydrogens is 224 g/mol. The average molecular weight is 238 g/mol. The Morgan fingerprint density at radius 3 is 2.83 bits per heavy atom. The van der Waals surface area contributed by atoms with Crippen molar-refractivity contribution in [2.24, 2.45) is 0 Å². The number of aromatic nitrogens is 2.